The average molecular weight is 204 g/mol. The van der Waals surface area contributed by atoms with E-state index < -0.39 is 0 Å². The molecule has 3 unspecified atom stereocenters. The molecule has 0 aromatic heterocycles. The highest BCUT2D eigenvalue weighted by Crippen LogP contribution is 2.52. The molecule has 1 saturated carbocycles. The molecule has 0 aliphatic heterocycles. The second kappa shape index (κ2) is 3.81. The third-order valence-corrected chi connectivity index (χ3v) is 4.85. The van der Waals surface area contributed by atoms with Crippen LogP contribution in [0.1, 0.15) is 52.9 Å². The fraction of sp³-hybridized carbons (Fsp3) is 0.733. The summed E-state index contributed by atoms with van der Waals surface area (Å²) in [6.45, 7) is 11.2. The summed E-state index contributed by atoms with van der Waals surface area (Å²) in [5.41, 5.74) is 3.65. The monoisotopic (exact) mass is 204 g/mol. The maximum Gasteiger partial charge on any atom is -0.0146 e. The molecule has 0 heterocycles. The summed E-state index contributed by atoms with van der Waals surface area (Å²) in [6.07, 6.45) is 9.30. The van der Waals surface area contributed by atoms with Crippen molar-refractivity contribution >= 4 is 0 Å². The third-order valence-electron chi connectivity index (χ3n) is 4.85. The van der Waals surface area contributed by atoms with Crippen LogP contribution in [0.5, 0.6) is 0 Å². The Balaban J connectivity index is 2.19. The molecule has 2 aliphatic carbocycles. The van der Waals surface area contributed by atoms with E-state index in [0.29, 0.717) is 5.41 Å². The zero-order chi connectivity index (χ0) is 11.1. The Hall–Kier alpha value is -0.520. The smallest absolute Gasteiger partial charge is 0.0146 e. The lowest BCUT2D eigenvalue weighted by molar-refractivity contribution is 0.0981. The van der Waals surface area contributed by atoms with Gasteiger partial charge >= 0.3 is 0 Å². The molecule has 1 fully saturated rings. The Morgan fingerprint density at radius 2 is 2.20 bits per heavy atom. The molecule has 0 nitrogen and oxygen atoms in total. The van der Waals surface area contributed by atoms with Gasteiger partial charge in [-0.15, -0.1) is 0 Å². The van der Waals surface area contributed by atoms with Gasteiger partial charge < -0.3 is 0 Å². The van der Waals surface area contributed by atoms with Crippen LogP contribution in [0.25, 0.3) is 0 Å². The number of hydrogen-bond donors (Lipinski definition) is 0. The van der Waals surface area contributed by atoms with Gasteiger partial charge in [-0.1, -0.05) is 30.7 Å². The first-order valence-electron chi connectivity index (χ1n) is 6.35. The van der Waals surface area contributed by atoms with Crippen molar-refractivity contribution in [2.75, 3.05) is 0 Å². The molecular weight excluding hydrogens is 180 g/mol. The second-order valence-corrected chi connectivity index (χ2v) is 6.01. The van der Waals surface area contributed by atoms with Crippen LogP contribution in [0.2, 0.25) is 0 Å². The molecule has 0 N–H and O–H groups in total. The van der Waals surface area contributed by atoms with Crippen LogP contribution in [0.4, 0.5) is 0 Å². The molecule has 0 saturated heterocycles. The maximum atomic E-state index is 4.14. The van der Waals surface area contributed by atoms with Gasteiger partial charge in [-0.05, 0) is 63.2 Å². The van der Waals surface area contributed by atoms with Crippen molar-refractivity contribution in [3.63, 3.8) is 0 Å². The first-order valence-corrected chi connectivity index (χ1v) is 6.35. The topological polar surface area (TPSA) is 0 Å². The van der Waals surface area contributed by atoms with Crippen LogP contribution in [-0.2, 0) is 0 Å². The Bertz CT molecular complexity index is 297. The SMILES string of the molecule is C=C(C)C1CCC2(C)CCC=C(C)C2C1. The van der Waals surface area contributed by atoms with Crippen LogP contribution < -0.4 is 0 Å². The lowest BCUT2D eigenvalue weighted by Crippen LogP contribution is -2.37. The molecule has 0 bridgehead atoms. The fourth-order valence-corrected chi connectivity index (χ4v) is 3.62. The normalized spacial score (nSPS) is 40.6. The van der Waals surface area contributed by atoms with E-state index in [1.165, 1.54) is 37.7 Å². The fourth-order valence-electron chi connectivity index (χ4n) is 3.62. The Morgan fingerprint density at radius 3 is 2.87 bits per heavy atom. The van der Waals surface area contributed by atoms with Crippen LogP contribution in [0, 0.1) is 17.3 Å². The minimum Gasteiger partial charge on any atom is -0.0999 e. The largest absolute Gasteiger partial charge is 0.0999 e. The van der Waals surface area contributed by atoms with E-state index in [-0.39, 0.29) is 0 Å². The lowest BCUT2D eigenvalue weighted by atomic mass is 9.57. The molecule has 0 spiro atoms. The molecule has 2 rings (SSSR count). The molecule has 15 heavy (non-hydrogen) atoms. The van der Waals surface area contributed by atoms with Crippen LogP contribution in [0.3, 0.4) is 0 Å². The van der Waals surface area contributed by atoms with Gasteiger partial charge in [-0.3, -0.25) is 0 Å². The number of fused-ring (bicyclic) bond motifs is 1. The highest BCUT2D eigenvalue weighted by atomic mass is 14.5. The number of rotatable bonds is 1. The Morgan fingerprint density at radius 1 is 1.47 bits per heavy atom. The van der Waals surface area contributed by atoms with E-state index in [2.05, 4.69) is 33.4 Å². The van der Waals surface area contributed by atoms with E-state index in [1.54, 1.807) is 5.57 Å². The summed E-state index contributed by atoms with van der Waals surface area (Å²) in [4.78, 5) is 0. The van der Waals surface area contributed by atoms with Crippen molar-refractivity contribution in [3.05, 3.63) is 23.8 Å². The molecular formula is C15H24. The third kappa shape index (κ3) is 1.91. The summed E-state index contributed by atoms with van der Waals surface area (Å²) >= 11 is 0. The second-order valence-electron chi connectivity index (χ2n) is 6.01. The van der Waals surface area contributed by atoms with Gasteiger partial charge in [0.25, 0.3) is 0 Å². The van der Waals surface area contributed by atoms with Crippen molar-refractivity contribution in [3.8, 4) is 0 Å². The van der Waals surface area contributed by atoms with Gasteiger partial charge in [0.2, 0.25) is 0 Å². The van der Waals surface area contributed by atoms with Crippen LogP contribution in [0.15, 0.2) is 23.8 Å². The average Bonchev–Trinajstić information content (AvgIpc) is 2.17. The summed E-state index contributed by atoms with van der Waals surface area (Å²) in [5, 5.41) is 0. The van der Waals surface area contributed by atoms with Crippen molar-refractivity contribution in [2.45, 2.75) is 52.9 Å². The quantitative estimate of drug-likeness (QED) is 0.542. The van der Waals surface area contributed by atoms with Crippen molar-refractivity contribution in [1.82, 2.24) is 0 Å². The lowest BCUT2D eigenvalue weighted by Gasteiger charge is -2.47. The minimum absolute atomic E-state index is 0.602. The van der Waals surface area contributed by atoms with E-state index in [9.17, 15) is 0 Å². The molecule has 0 heteroatoms. The standard InChI is InChI=1S/C15H24/c1-11(2)13-7-9-15(4)8-5-6-12(3)14(15)10-13/h6,13-14H,1,5,7-10H2,2-4H3. The van der Waals surface area contributed by atoms with E-state index in [1.807, 2.05) is 0 Å². The van der Waals surface area contributed by atoms with Gasteiger partial charge in [0, 0.05) is 0 Å². The van der Waals surface area contributed by atoms with Crippen molar-refractivity contribution < 1.29 is 0 Å². The highest BCUT2D eigenvalue weighted by molar-refractivity contribution is 5.16. The maximum absolute atomic E-state index is 4.14. The number of allylic oxidation sites excluding steroid dienone is 3. The zero-order valence-corrected chi connectivity index (χ0v) is 10.5. The zero-order valence-electron chi connectivity index (χ0n) is 10.5. The Labute approximate surface area is 94.5 Å². The summed E-state index contributed by atoms with van der Waals surface area (Å²) in [7, 11) is 0. The van der Waals surface area contributed by atoms with Crippen LogP contribution in [-0.4, -0.2) is 0 Å². The molecule has 0 aromatic carbocycles. The van der Waals surface area contributed by atoms with Gasteiger partial charge in [-0.2, -0.15) is 0 Å². The summed E-state index contributed by atoms with van der Waals surface area (Å²) in [5.74, 6) is 1.62. The summed E-state index contributed by atoms with van der Waals surface area (Å²) < 4.78 is 0. The molecule has 0 amide bonds. The van der Waals surface area contributed by atoms with Crippen molar-refractivity contribution in [1.29, 1.82) is 0 Å². The first kappa shape index (κ1) is 11.0. The van der Waals surface area contributed by atoms with Gasteiger partial charge in [-0.25, -0.2) is 0 Å². The van der Waals surface area contributed by atoms with Gasteiger partial charge in [0.1, 0.15) is 0 Å². The van der Waals surface area contributed by atoms with E-state index >= 15 is 0 Å². The van der Waals surface area contributed by atoms with Crippen LogP contribution >= 0.6 is 0 Å². The molecule has 84 valence electrons. The molecule has 2 aliphatic rings. The molecule has 0 aromatic rings. The minimum atomic E-state index is 0.602. The molecule has 0 radical (unpaired) electrons. The van der Waals surface area contributed by atoms with Gasteiger partial charge in [0.15, 0.2) is 0 Å². The Kier molecular flexibility index (Phi) is 2.79. The predicted octanol–water partition coefficient (Wildman–Crippen LogP) is 4.73. The van der Waals surface area contributed by atoms with E-state index in [4.69, 9.17) is 0 Å². The predicted molar refractivity (Wildman–Crippen MR) is 66.7 cm³/mol. The summed E-state index contributed by atoms with van der Waals surface area (Å²) in [6, 6.07) is 0. The highest BCUT2D eigenvalue weighted by Gasteiger charge is 2.41. The van der Waals surface area contributed by atoms with Crippen molar-refractivity contribution in [2.24, 2.45) is 17.3 Å². The molecule has 3 atom stereocenters. The number of hydrogen-bond acceptors (Lipinski definition) is 0. The van der Waals surface area contributed by atoms with Gasteiger partial charge in [0.05, 0.1) is 0 Å². The first-order chi connectivity index (χ1) is 7.03. The van der Waals surface area contributed by atoms with E-state index in [0.717, 1.165) is 11.8 Å².